The molecule has 21 aromatic carbocycles. The Bertz CT molecular complexity index is 8990. The van der Waals surface area contributed by atoms with Gasteiger partial charge in [0.15, 0.2) is 0 Å². The third-order valence-electron chi connectivity index (χ3n) is 30.4. The van der Waals surface area contributed by atoms with Crippen LogP contribution in [0.3, 0.4) is 0 Å². The normalized spacial score (nSPS) is 16.2. The maximum absolute atomic E-state index is 6.47. The molecule has 0 bridgehead atoms. The van der Waals surface area contributed by atoms with Gasteiger partial charge in [-0.1, -0.05) is 328 Å². The number of allylic oxidation sites excluding steroid dienone is 7. The van der Waals surface area contributed by atoms with Crippen molar-refractivity contribution in [2.75, 3.05) is 14.7 Å². The second-order valence-corrected chi connectivity index (χ2v) is 39.9. The van der Waals surface area contributed by atoms with Gasteiger partial charge in [-0.15, -0.1) is 11.8 Å². The summed E-state index contributed by atoms with van der Waals surface area (Å²) < 4.78 is 19.9. The third-order valence-corrected chi connectivity index (χ3v) is 31.7. The Kier molecular flexibility index (Phi) is 21.5. The number of anilines is 9. The van der Waals surface area contributed by atoms with E-state index in [-0.39, 0.29) is 24.0 Å². The van der Waals surface area contributed by atoms with E-state index in [0.717, 1.165) is 74.1 Å². The van der Waals surface area contributed by atoms with E-state index in [2.05, 4.69) is 574 Å². The molecular weight excluding hydrogens is 1810 g/mol. The maximum atomic E-state index is 6.47. The first kappa shape index (κ1) is 86.5. The molecule has 9 heteroatoms. The minimum absolute atomic E-state index is 0.0101. The molecule has 147 heavy (non-hydrogen) atoms. The molecule has 0 spiro atoms. The molecule has 0 N–H and O–H groups in total. The molecule has 3 aliphatic heterocycles. The molecule has 0 fully saturated rings. The minimum Gasteiger partial charge on any atom is -0.485 e. The molecular formula is C138H96N6O2S. The number of para-hydroxylation sites is 6. The molecule has 6 heterocycles. The number of hydrogen-bond donors (Lipinski definition) is 0. The first-order valence-electron chi connectivity index (χ1n) is 50.8. The Balaban J connectivity index is 0.000000107. The van der Waals surface area contributed by atoms with Crippen molar-refractivity contribution in [2.24, 2.45) is 0 Å². The molecule has 3 aromatic heterocycles. The van der Waals surface area contributed by atoms with Crippen molar-refractivity contribution < 1.29 is 9.47 Å². The number of rotatable bonds is 15. The van der Waals surface area contributed by atoms with E-state index < -0.39 is 0 Å². The Morgan fingerprint density at radius 1 is 0.204 bits per heavy atom. The van der Waals surface area contributed by atoms with Crippen LogP contribution in [-0.4, -0.2) is 31.2 Å². The van der Waals surface area contributed by atoms with Crippen LogP contribution < -0.4 is 24.2 Å². The lowest BCUT2D eigenvalue weighted by atomic mass is 9.90. The molecule has 0 radical (unpaired) electrons. The molecule has 6 unspecified atom stereocenters. The van der Waals surface area contributed by atoms with Gasteiger partial charge in [-0.25, -0.2) is 0 Å². The second-order valence-electron chi connectivity index (χ2n) is 38.7. The number of hydrogen-bond acceptors (Lipinski definition) is 6. The van der Waals surface area contributed by atoms with Gasteiger partial charge in [-0.05, 0) is 290 Å². The molecule has 8 nitrogen and oxygen atoms in total. The van der Waals surface area contributed by atoms with E-state index in [4.69, 9.17) is 9.47 Å². The van der Waals surface area contributed by atoms with Crippen molar-refractivity contribution in [1.82, 2.24) is 13.7 Å². The second kappa shape index (κ2) is 36.5. The van der Waals surface area contributed by atoms with Gasteiger partial charge in [0.1, 0.15) is 23.7 Å². The molecule has 0 amide bonds. The fraction of sp³-hybridized carbons (Fsp3) is 0.0435. The van der Waals surface area contributed by atoms with Crippen LogP contribution in [0.1, 0.15) is 34.4 Å². The summed E-state index contributed by atoms with van der Waals surface area (Å²) in [5, 5.41) is 15.6. The Morgan fingerprint density at radius 3 is 0.918 bits per heavy atom. The van der Waals surface area contributed by atoms with E-state index >= 15 is 0 Å². The number of nitrogens with zero attached hydrogens (tertiary/aromatic N) is 6. The Labute approximate surface area is 857 Å². The maximum Gasteiger partial charge on any atom is 0.128 e. The SMILES string of the molecule is C1=CC2Oc3ccc(N(c4ccc(-c5ccc6ccccc6c5)cc4)c4ccc(-n5c6ccccc6c6ccccc65)cc4)cc3C2C=C1.C1=CC2Oc3cccc(N(c4ccc(-c5ccc6ccccc6c5)cc4)c4ccc(-n5c6ccccc6c6ccccc65)cc4)c3C2C=C1.C1=CC2Sc3cccc(N(c4ccc(-c5ccc6ccccc6c5)cc4)c4ccc(-n5c6ccccc6c6ccccc65)cc4)c3C2C=C1. The highest BCUT2D eigenvalue weighted by atomic mass is 32.2. The van der Waals surface area contributed by atoms with Crippen molar-refractivity contribution in [2.45, 2.75) is 40.1 Å². The molecule has 6 aliphatic rings. The molecule has 24 aromatic rings. The average Bonchev–Trinajstić information content (AvgIpc) is 1.65. The lowest BCUT2D eigenvalue weighted by Gasteiger charge is -2.29. The quantitative estimate of drug-likeness (QED) is 0.102. The topological polar surface area (TPSA) is 43.0 Å². The van der Waals surface area contributed by atoms with E-state index in [1.807, 2.05) is 11.8 Å². The number of benzene rings is 21. The summed E-state index contributed by atoms with van der Waals surface area (Å²) >= 11 is 1.98. The summed E-state index contributed by atoms with van der Waals surface area (Å²) in [4.78, 5) is 8.56. The summed E-state index contributed by atoms with van der Waals surface area (Å²) in [6.45, 7) is 0. The summed E-state index contributed by atoms with van der Waals surface area (Å²) in [5.41, 5.74) is 31.9. The minimum atomic E-state index is 0.0101. The fourth-order valence-electron chi connectivity index (χ4n) is 23.4. The first-order chi connectivity index (χ1) is 72.9. The van der Waals surface area contributed by atoms with Gasteiger partial charge in [0.2, 0.25) is 0 Å². The third kappa shape index (κ3) is 15.4. The lowest BCUT2D eigenvalue weighted by Crippen LogP contribution is -2.17. The molecule has 696 valence electrons. The van der Waals surface area contributed by atoms with Crippen molar-refractivity contribution in [3.63, 3.8) is 0 Å². The predicted octanol–water partition coefficient (Wildman–Crippen LogP) is 36.8. The number of thioether (sulfide) groups is 1. The van der Waals surface area contributed by atoms with Gasteiger partial charge < -0.3 is 37.9 Å². The van der Waals surface area contributed by atoms with Crippen LogP contribution in [0.15, 0.2) is 551 Å². The zero-order chi connectivity index (χ0) is 96.9. The summed E-state index contributed by atoms with van der Waals surface area (Å²) in [5.74, 6) is 2.63. The number of aromatic nitrogens is 3. The van der Waals surface area contributed by atoms with Gasteiger partial charge in [0.25, 0.3) is 0 Å². The van der Waals surface area contributed by atoms with Crippen LogP contribution in [0.5, 0.6) is 11.5 Å². The molecule has 30 rings (SSSR count). The van der Waals surface area contributed by atoms with Crippen LogP contribution in [0.4, 0.5) is 51.2 Å². The first-order valence-corrected chi connectivity index (χ1v) is 51.7. The van der Waals surface area contributed by atoms with E-state index in [9.17, 15) is 0 Å². The van der Waals surface area contributed by atoms with Crippen molar-refractivity contribution in [3.05, 3.63) is 563 Å². The predicted molar refractivity (Wildman–Crippen MR) is 617 cm³/mol. The van der Waals surface area contributed by atoms with Crippen LogP contribution in [-0.2, 0) is 0 Å². The Hall–Kier alpha value is -18.4. The molecule has 3 aliphatic carbocycles. The fourth-order valence-corrected chi connectivity index (χ4v) is 24.7. The number of ether oxygens (including phenoxy) is 2. The highest BCUT2D eigenvalue weighted by molar-refractivity contribution is 8.00. The monoisotopic (exact) mass is 1900 g/mol. The van der Waals surface area contributed by atoms with Gasteiger partial charge >= 0.3 is 0 Å². The van der Waals surface area contributed by atoms with E-state index in [1.165, 1.54) is 158 Å². The van der Waals surface area contributed by atoms with Crippen LogP contribution in [0.25, 0.3) is 148 Å². The van der Waals surface area contributed by atoms with Crippen LogP contribution >= 0.6 is 11.8 Å². The summed E-state index contributed by atoms with van der Waals surface area (Å²) in [7, 11) is 0. The summed E-state index contributed by atoms with van der Waals surface area (Å²) in [6, 6.07) is 172. The molecule has 0 saturated heterocycles. The highest BCUT2D eigenvalue weighted by Crippen LogP contribution is 2.56. The van der Waals surface area contributed by atoms with Gasteiger partial charge in [-0.2, -0.15) is 0 Å². The zero-order valence-corrected chi connectivity index (χ0v) is 81.2. The number of fused-ring (bicyclic) bond motifs is 21. The molecule has 0 saturated carbocycles. The van der Waals surface area contributed by atoms with Gasteiger partial charge in [0, 0.05) is 128 Å². The summed E-state index contributed by atoms with van der Waals surface area (Å²) in [6.07, 6.45) is 26.5. The van der Waals surface area contributed by atoms with Crippen molar-refractivity contribution in [1.29, 1.82) is 0 Å². The van der Waals surface area contributed by atoms with E-state index in [1.54, 1.807) is 0 Å². The van der Waals surface area contributed by atoms with E-state index in [0.29, 0.717) is 11.2 Å². The van der Waals surface area contributed by atoms with Crippen LogP contribution in [0.2, 0.25) is 0 Å². The van der Waals surface area contributed by atoms with Gasteiger partial charge in [0.05, 0.1) is 44.5 Å². The standard InChI is InChI=1S/2C46H32N2O.C46H32N2S/c1-2-11-33-30-34(21-20-31(33)10-1)32-22-24-35(25-23-32)47(43-17-9-19-45-46(43)40-14-5-8-18-44(40)49-45)36-26-28-37(29-27-36)48-41-15-6-3-12-38(41)39-13-4-7-16-42(39)48;1-2-10-33-29-34(18-17-31(33)9-1)32-19-21-35(22-20-32)47(38-27-28-46-42(30-38)41-13-5-8-16-45(41)49-46)36-23-25-37(26-24-36)48-43-14-6-3-11-39(43)40-12-4-7-15-44(40)48;1-2-11-33-30-34(21-20-31(33)10-1)32-22-24-35(25-23-32)47(43-17-9-19-45-46(43)40-14-5-8-18-44(40)49-45)36-26-28-37(29-27-36)48-41-15-6-3-12-38(41)39-13-4-7-16-42(39)48/h1-30,40,44H;1-30,41,45H;1-30,40,44H. The zero-order valence-electron chi connectivity index (χ0n) is 80.3. The largest absolute Gasteiger partial charge is 0.485 e. The van der Waals surface area contributed by atoms with Crippen LogP contribution in [0, 0.1) is 0 Å². The Morgan fingerprint density at radius 2 is 0.510 bits per heavy atom. The van der Waals surface area contributed by atoms with Gasteiger partial charge in [-0.3, -0.25) is 0 Å². The van der Waals surface area contributed by atoms with Crippen molar-refractivity contribution >= 4 is 161 Å². The van der Waals surface area contributed by atoms with Crippen molar-refractivity contribution in [3.8, 4) is 61.9 Å². The smallest absolute Gasteiger partial charge is 0.128 e. The molecule has 6 atom stereocenters. The highest BCUT2D eigenvalue weighted by Gasteiger charge is 2.39. The lowest BCUT2D eigenvalue weighted by molar-refractivity contribution is 0.268. The average molecular weight is 1900 g/mol.